The molecule has 0 bridgehead atoms. The van der Waals surface area contributed by atoms with Crippen LogP contribution in [0.5, 0.6) is 17.2 Å². The van der Waals surface area contributed by atoms with Crippen LogP contribution in [-0.2, 0) is 6.54 Å². The van der Waals surface area contributed by atoms with Crippen molar-refractivity contribution in [3.63, 3.8) is 0 Å². The molecule has 0 aliphatic carbocycles. The Hall–Kier alpha value is -4.40. The molecule has 0 radical (unpaired) electrons. The van der Waals surface area contributed by atoms with Gasteiger partial charge in [-0.05, 0) is 48.0 Å². The van der Waals surface area contributed by atoms with Crippen LogP contribution < -0.4 is 19.8 Å². The van der Waals surface area contributed by atoms with Crippen molar-refractivity contribution >= 4 is 16.7 Å². The minimum absolute atomic E-state index is 0.152. The molecule has 3 aromatic heterocycles. The zero-order valence-electron chi connectivity index (χ0n) is 18.5. The maximum Gasteiger partial charge on any atom is 0.261 e. The third-order valence-electron chi connectivity index (χ3n) is 5.82. The Balaban J connectivity index is 1.36. The standard InChI is InChI=1S/C25H21N5O4/c1-32-18-6-4-17(5-7-18)23-27-25-26-14-19-20(30(25)28-23)9-10-29(24(19)31)15-16-3-8-21-22(13-16)34-12-2-11-33-21/h3-10,13-14H,2,11-12,15H2,1H3. The number of fused-ring (bicyclic) bond motifs is 4. The van der Waals surface area contributed by atoms with E-state index in [0.717, 1.165) is 29.0 Å². The molecule has 0 amide bonds. The fourth-order valence-corrected chi connectivity index (χ4v) is 4.05. The van der Waals surface area contributed by atoms with Crippen LogP contribution in [-0.4, -0.2) is 44.5 Å². The van der Waals surface area contributed by atoms with Gasteiger partial charge in [-0.3, -0.25) is 4.79 Å². The molecule has 4 heterocycles. The highest BCUT2D eigenvalue weighted by Gasteiger charge is 2.14. The Morgan fingerprint density at radius 3 is 2.68 bits per heavy atom. The quantitative estimate of drug-likeness (QED) is 0.410. The minimum Gasteiger partial charge on any atom is -0.497 e. The molecule has 9 nitrogen and oxygen atoms in total. The Morgan fingerprint density at radius 1 is 1.03 bits per heavy atom. The van der Waals surface area contributed by atoms with E-state index in [9.17, 15) is 4.79 Å². The molecule has 6 rings (SSSR count). The molecule has 2 aromatic carbocycles. The maximum atomic E-state index is 13.3. The summed E-state index contributed by atoms with van der Waals surface area (Å²) >= 11 is 0. The summed E-state index contributed by atoms with van der Waals surface area (Å²) in [6.45, 7) is 1.66. The lowest BCUT2D eigenvalue weighted by atomic mass is 10.2. The average Bonchev–Trinajstić information content (AvgIpc) is 3.18. The number of hydrogen-bond acceptors (Lipinski definition) is 7. The van der Waals surface area contributed by atoms with Gasteiger partial charge in [0.05, 0.1) is 37.8 Å². The van der Waals surface area contributed by atoms with Gasteiger partial charge in [0.25, 0.3) is 11.3 Å². The van der Waals surface area contributed by atoms with Gasteiger partial charge in [-0.2, -0.15) is 9.50 Å². The Labute approximate surface area is 194 Å². The van der Waals surface area contributed by atoms with E-state index in [-0.39, 0.29) is 5.56 Å². The van der Waals surface area contributed by atoms with Gasteiger partial charge >= 0.3 is 0 Å². The predicted octanol–water partition coefficient (Wildman–Crippen LogP) is 3.32. The summed E-state index contributed by atoms with van der Waals surface area (Å²) < 4.78 is 19.9. The van der Waals surface area contributed by atoms with Crippen molar-refractivity contribution in [3.05, 3.63) is 76.8 Å². The van der Waals surface area contributed by atoms with E-state index in [1.165, 1.54) is 0 Å². The van der Waals surface area contributed by atoms with E-state index in [0.29, 0.717) is 48.0 Å². The van der Waals surface area contributed by atoms with Crippen LogP contribution in [0.15, 0.2) is 65.7 Å². The van der Waals surface area contributed by atoms with E-state index < -0.39 is 0 Å². The van der Waals surface area contributed by atoms with Crippen LogP contribution in [0.2, 0.25) is 0 Å². The maximum absolute atomic E-state index is 13.3. The van der Waals surface area contributed by atoms with Crippen molar-refractivity contribution < 1.29 is 14.2 Å². The summed E-state index contributed by atoms with van der Waals surface area (Å²) in [5.41, 5.74) is 2.28. The van der Waals surface area contributed by atoms with Crippen molar-refractivity contribution in [2.75, 3.05) is 20.3 Å². The number of ether oxygens (including phenoxy) is 3. The first kappa shape index (κ1) is 20.2. The molecule has 0 unspecified atom stereocenters. The first-order valence-corrected chi connectivity index (χ1v) is 11.0. The third kappa shape index (κ3) is 3.51. The highest BCUT2D eigenvalue weighted by atomic mass is 16.5. The van der Waals surface area contributed by atoms with Gasteiger partial charge in [0, 0.05) is 24.4 Å². The van der Waals surface area contributed by atoms with E-state index in [4.69, 9.17) is 14.2 Å². The topological polar surface area (TPSA) is 92.8 Å². The minimum atomic E-state index is -0.152. The van der Waals surface area contributed by atoms with Crippen LogP contribution in [0.25, 0.3) is 28.1 Å². The molecule has 0 fully saturated rings. The van der Waals surface area contributed by atoms with Gasteiger partial charge in [0.15, 0.2) is 17.3 Å². The van der Waals surface area contributed by atoms with Gasteiger partial charge in [-0.25, -0.2) is 4.98 Å². The van der Waals surface area contributed by atoms with Gasteiger partial charge in [0.1, 0.15) is 5.75 Å². The number of aromatic nitrogens is 5. The lowest BCUT2D eigenvalue weighted by molar-refractivity contribution is 0.297. The second-order valence-electron chi connectivity index (χ2n) is 8.01. The van der Waals surface area contributed by atoms with E-state index in [2.05, 4.69) is 15.1 Å². The van der Waals surface area contributed by atoms with E-state index in [1.54, 1.807) is 28.6 Å². The number of benzene rings is 2. The first-order valence-electron chi connectivity index (χ1n) is 11.0. The average molecular weight is 455 g/mol. The lowest BCUT2D eigenvalue weighted by Crippen LogP contribution is -2.21. The van der Waals surface area contributed by atoms with Crippen LogP contribution >= 0.6 is 0 Å². The molecule has 5 aromatic rings. The van der Waals surface area contributed by atoms with Crippen molar-refractivity contribution in [3.8, 4) is 28.6 Å². The number of methoxy groups -OCH3 is 1. The highest BCUT2D eigenvalue weighted by molar-refractivity contribution is 5.79. The second-order valence-corrected chi connectivity index (χ2v) is 8.01. The number of pyridine rings is 1. The monoisotopic (exact) mass is 455 g/mol. The summed E-state index contributed by atoms with van der Waals surface area (Å²) in [5.74, 6) is 3.15. The molecule has 0 N–H and O–H groups in total. The summed E-state index contributed by atoms with van der Waals surface area (Å²) in [6, 6.07) is 15.1. The summed E-state index contributed by atoms with van der Waals surface area (Å²) in [5, 5.41) is 5.07. The normalized spacial score (nSPS) is 13.2. The number of rotatable bonds is 4. The van der Waals surface area contributed by atoms with Crippen molar-refractivity contribution in [2.24, 2.45) is 0 Å². The molecule has 1 aliphatic heterocycles. The predicted molar refractivity (Wildman–Crippen MR) is 126 cm³/mol. The zero-order valence-corrected chi connectivity index (χ0v) is 18.5. The van der Waals surface area contributed by atoms with Gasteiger partial charge in [-0.1, -0.05) is 6.07 Å². The Kier molecular flexibility index (Phi) is 4.87. The van der Waals surface area contributed by atoms with Crippen molar-refractivity contribution in [1.29, 1.82) is 0 Å². The molecule has 0 saturated carbocycles. The van der Waals surface area contributed by atoms with Crippen LogP contribution in [0, 0.1) is 0 Å². The summed E-state index contributed by atoms with van der Waals surface area (Å²) in [6.07, 6.45) is 4.17. The Bertz CT molecular complexity index is 1570. The van der Waals surface area contributed by atoms with E-state index >= 15 is 0 Å². The first-order chi connectivity index (χ1) is 16.7. The lowest BCUT2D eigenvalue weighted by Gasteiger charge is -2.11. The fraction of sp³-hybridized carbons (Fsp3) is 0.200. The van der Waals surface area contributed by atoms with Crippen LogP contribution in [0.3, 0.4) is 0 Å². The van der Waals surface area contributed by atoms with Gasteiger partial charge in [-0.15, -0.1) is 5.10 Å². The van der Waals surface area contributed by atoms with E-state index in [1.807, 2.05) is 48.5 Å². The van der Waals surface area contributed by atoms with Crippen molar-refractivity contribution in [2.45, 2.75) is 13.0 Å². The summed E-state index contributed by atoms with van der Waals surface area (Å²) in [4.78, 5) is 22.2. The van der Waals surface area contributed by atoms with Gasteiger partial charge < -0.3 is 18.8 Å². The largest absolute Gasteiger partial charge is 0.497 e. The molecule has 170 valence electrons. The molecule has 0 saturated heterocycles. The molecule has 9 heteroatoms. The molecule has 0 spiro atoms. The van der Waals surface area contributed by atoms with Gasteiger partial charge in [0.2, 0.25) is 0 Å². The third-order valence-corrected chi connectivity index (χ3v) is 5.82. The highest BCUT2D eigenvalue weighted by Crippen LogP contribution is 2.30. The smallest absolute Gasteiger partial charge is 0.261 e. The second kappa shape index (κ2) is 8.18. The molecule has 34 heavy (non-hydrogen) atoms. The van der Waals surface area contributed by atoms with Crippen molar-refractivity contribution in [1.82, 2.24) is 24.1 Å². The molecule has 1 aliphatic rings. The number of hydrogen-bond donors (Lipinski definition) is 0. The molecular formula is C25H21N5O4. The number of nitrogens with zero attached hydrogens (tertiary/aromatic N) is 5. The fourth-order valence-electron chi connectivity index (χ4n) is 4.05. The summed E-state index contributed by atoms with van der Waals surface area (Å²) in [7, 11) is 1.62. The van der Waals surface area contributed by atoms with Crippen LogP contribution in [0.1, 0.15) is 12.0 Å². The zero-order chi connectivity index (χ0) is 23.1. The molecule has 0 atom stereocenters. The SMILES string of the molecule is COc1ccc(-c2nc3ncc4c(=O)n(Cc5ccc6c(c5)OCCCO6)ccc4n3n2)cc1. The molecular weight excluding hydrogens is 434 g/mol. The Morgan fingerprint density at radius 2 is 1.85 bits per heavy atom. The van der Waals surface area contributed by atoms with Crippen LogP contribution in [0.4, 0.5) is 0 Å².